The van der Waals surface area contributed by atoms with Gasteiger partial charge in [0.15, 0.2) is 0 Å². The number of benzene rings is 1. The first-order chi connectivity index (χ1) is 11.8. The fourth-order valence-electron chi connectivity index (χ4n) is 2.37. The van der Waals surface area contributed by atoms with Crippen molar-refractivity contribution < 1.29 is 23.9 Å². The van der Waals surface area contributed by atoms with E-state index in [4.69, 9.17) is 4.74 Å². The molecule has 1 fully saturated rings. The molecule has 2 atom stereocenters. The molecule has 1 N–H and O–H groups in total. The van der Waals surface area contributed by atoms with E-state index in [0.29, 0.717) is 11.3 Å². The second kappa shape index (κ2) is 8.15. The predicted octanol–water partition coefficient (Wildman–Crippen LogP) is 1.68. The van der Waals surface area contributed by atoms with Crippen LogP contribution < -0.4 is 5.32 Å². The predicted molar refractivity (Wildman–Crippen MR) is 94.3 cm³/mol. The van der Waals surface area contributed by atoms with Crippen LogP contribution in [0.15, 0.2) is 24.3 Å². The van der Waals surface area contributed by atoms with Gasteiger partial charge in [0.25, 0.3) is 0 Å². The smallest absolute Gasteiger partial charge is 0.338 e. The zero-order valence-corrected chi connectivity index (χ0v) is 15.1. The van der Waals surface area contributed by atoms with Gasteiger partial charge in [-0.25, -0.2) is 4.79 Å². The molecule has 1 aromatic rings. The molecule has 0 aliphatic carbocycles. The summed E-state index contributed by atoms with van der Waals surface area (Å²) < 4.78 is 4.88. The second-order valence-electron chi connectivity index (χ2n) is 5.53. The number of amides is 3. The Bertz CT molecular complexity index is 669. The largest absolute Gasteiger partial charge is 0.462 e. The summed E-state index contributed by atoms with van der Waals surface area (Å²) in [6.45, 7) is 5.11. The minimum atomic E-state index is -0.475. The molecule has 1 aliphatic rings. The maximum absolute atomic E-state index is 12.2. The van der Waals surface area contributed by atoms with E-state index >= 15 is 0 Å². The Morgan fingerprint density at radius 3 is 2.20 bits per heavy atom. The van der Waals surface area contributed by atoms with Gasteiger partial charge in [-0.05, 0) is 45.0 Å². The van der Waals surface area contributed by atoms with Gasteiger partial charge < -0.3 is 10.1 Å². The van der Waals surface area contributed by atoms with E-state index in [9.17, 15) is 19.2 Å². The van der Waals surface area contributed by atoms with E-state index in [1.807, 2.05) is 0 Å². The van der Waals surface area contributed by atoms with Crippen molar-refractivity contribution >= 4 is 41.1 Å². The van der Waals surface area contributed by atoms with Crippen molar-refractivity contribution in [3.05, 3.63) is 29.8 Å². The zero-order chi connectivity index (χ0) is 18.6. The third-order valence-corrected chi connectivity index (χ3v) is 4.84. The van der Waals surface area contributed by atoms with E-state index in [0.717, 1.165) is 4.90 Å². The van der Waals surface area contributed by atoms with Crippen molar-refractivity contribution in [2.75, 3.05) is 18.5 Å². The summed E-state index contributed by atoms with van der Waals surface area (Å²) in [5.41, 5.74) is 0.839. The average molecular weight is 364 g/mol. The van der Waals surface area contributed by atoms with E-state index in [1.165, 1.54) is 23.9 Å². The van der Waals surface area contributed by atoms with E-state index in [2.05, 4.69) is 5.32 Å². The highest BCUT2D eigenvalue weighted by Gasteiger charge is 2.37. The van der Waals surface area contributed by atoms with Gasteiger partial charge in [0, 0.05) is 5.69 Å². The number of carbonyl (C=O) groups excluding carboxylic acids is 4. The number of rotatable bonds is 5. The molecule has 1 aromatic carbocycles. The first-order valence-corrected chi connectivity index (χ1v) is 8.85. The van der Waals surface area contributed by atoms with Gasteiger partial charge in [0.1, 0.15) is 6.54 Å². The number of thioether (sulfide) groups is 1. The fraction of sp³-hybridized carbons (Fsp3) is 0.412. The maximum Gasteiger partial charge on any atom is 0.338 e. The summed E-state index contributed by atoms with van der Waals surface area (Å²) >= 11 is 1.28. The van der Waals surface area contributed by atoms with Crippen molar-refractivity contribution in [3.8, 4) is 0 Å². The Labute approximate surface area is 150 Å². The third-order valence-electron chi connectivity index (χ3n) is 3.62. The normalized spacial score (nSPS) is 20.4. The molecule has 134 valence electrons. The molecule has 2 rings (SSSR count). The van der Waals surface area contributed by atoms with Crippen LogP contribution in [-0.4, -0.2) is 52.2 Å². The van der Waals surface area contributed by atoms with E-state index in [-0.39, 0.29) is 35.5 Å². The number of hydrogen-bond donors (Lipinski definition) is 1. The molecule has 0 spiro atoms. The van der Waals surface area contributed by atoms with Crippen molar-refractivity contribution in [3.63, 3.8) is 0 Å². The fourth-order valence-corrected chi connectivity index (χ4v) is 3.47. The molecule has 1 heterocycles. The van der Waals surface area contributed by atoms with Crippen LogP contribution in [0.2, 0.25) is 0 Å². The van der Waals surface area contributed by atoms with Crippen LogP contribution in [-0.2, 0) is 19.1 Å². The Balaban J connectivity index is 1.99. The molecule has 0 unspecified atom stereocenters. The first kappa shape index (κ1) is 19.0. The standard InChI is InChI=1S/C17H20N2O5S/c1-4-24-17(23)12-5-7-13(8-6-12)18-14(20)9-19-15(21)10(2)25-11(3)16(19)22/h5-8,10-11H,4,9H2,1-3H3,(H,18,20)/t10-,11-/m0/s1. The summed E-state index contributed by atoms with van der Waals surface area (Å²) in [7, 11) is 0. The van der Waals surface area contributed by atoms with Crippen LogP contribution in [0, 0.1) is 0 Å². The molecule has 0 saturated carbocycles. The molecular weight excluding hydrogens is 344 g/mol. The summed E-state index contributed by atoms with van der Waals surface area (Å²) in [4.78, 5) is 48.9. The van der Waals surface area contributed by atoms with Gasteiger partial charge in [-0.15, -0.1) is 11.8 Å². The number of nitrogens with zero attached hydrogens (tertiary/aromatic N) is 1. The Hall–Kier alpha value is -2.35. The Kier molecular flexibility index (Phi) is 6.19. The molecule has 0 aromatic heterocycles. The number of hydrogen-bond acceptors (Lipinski definition) is 6. The van der Waals surface area contributed by atoms with Crippen LogP contribution in [0.5, 0.6) is 0 Å². The van der Waals surface area contributed by atoms with Gasteiger partial charge in [-0.2, -0.15) is 0 Å². The minimum Gasteiger partial charge on any atom is -0.462 e. The number of nitrogens with one attached hydrogen (secondary N) is 1. The van der Waals surface area contributed by atoms with Crippen molar-refractivity contribution in [1.29, 1.82) is 0 Å². The Morgan fingerprint density at radius 2 is 1.68 bits per heavy atom. The van der Waals surface area contributed by atoms with Crippen molar-refractivity contribution in [1.82, 2.24) is 4.90 Å². The molecule has 7 nitrogen and oxygen atoms in total. The monoisotopic (exact) mass is 364 g/mol. The lowest BCUT2D eigenvalue weighted by molar-refractivity contribution is -0.147. The van der Waals surface area contributed by atoms with Crippen molar-refractivity contribution in [2.24, 2.45) is 0 Å². The molecule has 0 radical (unpaired) electrons. The first-order valence-electron chi connectivity index (χ1n) is 7.91. The lowest BCUT2D eigenvalue weighted by atomic mass is 10.2. The average Bonchev–Trinajstić information content (AvgIpc) is 2.58. The SMILES string of the molecule is CCOC(=O)c1ccc(NC(=O)CN2C(=O)[C@H](C)S[C@@H](C)C2=O)cc1. The number of carbonyl (C=O) groups is 4. The highest BCUT2D eigenvalue weighted by atomic mass is 32.2. The van der Waals surface area contributed by atoms with E-state index in [1.54, 1.807) is 32.9 Å². The van der Waals surface area contributed by atoms with Gasteiger partial charge in [-0.3, -0.25) is 19.3 Å². The van der Waals surface area contributed by atoms with Gasteiger partial charge >= 0.3 is 5.97 Å². The number of esters is 1. The van der Waals surface area contributed by atoms with Crippen LogP contribution in [0.4, 0.5) is 5.69 Å². The summed E-state index contributed by atoms with van der Waals surface area (Å²) in [5, 5.41) is 1.90. The van der Waals surface area contributed by atoms with Gasteiger partial charge in [-0.1, -0.05) is 0 Å². The second-order valence-corrected chi connectivity index (χ2v) is 7.22. The summed E-state index contributed by atoms with van der Waals surface area (Å²) in [5.74, 6) is -1.64. The lowest BCUT2D eigenvalue weighted by Crippen LogP contribution is -2.52. The van der Waals surface area contributed by atoms with Crippen LogP contribution >= 0.6 is 11.8 Å². The lowest BCUT2D eigenvalue weighted by Gasteiger charge is -2.31. The number of anilines is 1. The molecule has 8 heteroatoms. The minimum absolute atomic E-state index is 0.282. The highest BCUT2D eigenvalue weighted by Crippen LogP contribution is 2.26. The van der Waals surface area contributed by atoms with E-state index < -0.39 is 11.9 Å². The van der Waals surface area contributed by atoms with Gasteiger partial charge in [0.2, 0.25) is 17.7 Å². The third kappa shape index (κ3) is 4.60. The van der Waals surface area contributed by atoms with Crippen LogP contribution in [0.1, 0.15) is 31.1 Å². The molecular formula is C17H20N2O5S. The van der Waals surface area contributed by atoms with Crippen molar-refractivity contribution in [2.45, 2.75) is 31.3 Å². The summed E-state index contributed by atoms with van der Waals surface area (Å²) in [6, 6.07) is 6.19. The highest BCUT2D eigenvalue weighted by molar-refractivity contribution is 8.02. The quantitative estimate of drug-likeness (QED) is 0.631. The van der Waals surface area contributed by atoms with Crippen LogP contribution in [0.3, 0.4) is 0 Å². The number of imide groups is 1. The van der Waals surface area contributed by atoms with Gasteiger partial charge in [0.05, 0.1) is 22.7 Å². The molecule has 1 aliphatic heterocycles. The molecule has 0 bridgehead atoms. The summed E-state index contributed by atoms with van der Waals surface area (Å²) in [6.07, 6.45) is 0. The topological polar surface area (TPSA) is 92.8 Å². The Morgan fingerprint density at radius 1 is 1.12 bits per heavy atom. The maximum atomic E-state index is 12.2. The molecule has 25 heavy (non-hydrogen) atoms. The zero-order valence-electron chi connectivity index (χ0n) is 14.3. The number of ether oxygens (including phenoxy) is 1. The molecule has 1 saturated heterocycles. The van der Waals surface area contributed by atoms with Crippen LogP contribution in [0.25, 0.3) is 0 Å². The molecule has 3 amide bonds.